The third kappa shape index (κ3) is 4.29. The van der Waals surface area contributed by atoms with E-state index in [4.69, 9.17) is 0 Å². The number of amides is 2. The molecule has 1 heterocycles. The summed E-state index contributed by atoms with van der Waals surface area (Å²) in [5.74, 6) is 0. The van der Waals surface area contributed by atoms with Gasteiger partial charge in [-0.2, -0.15) is 0 Å². The summed E-state index contributed by atoms with van der Waals surface area (Å²) in [6.45, 7) is 0.276. The molecule has 1 aromatic heterocycles. The molecule has 0 unspecified atom stereocenters. The Labute approximate surface area is 135 Å². The zero-order valence-electron chi connectivity index (χ0n) is 13.0. The number of benzene rings is 1. The number of aryl methyl sites for hydroxylation is 1. The number of hydrogen-bond donors (Lipinski definition) is 3. The van der Waals surface area contributed by atoms with Gasteiger partial charge in [0.2, 0.25) is 0 Å². The predicted molar refractivity (Wildman–Crippen MR) is 90.4 cm³/mol. The Bertz CT molecular complexity index is 669. The second-order valence-electron chi connectivity index (χ2n) is 6.18. The number of rotatable bonds is 6. The van der Waals surface area contributed by atoms with E-state index in [0.717, 1.165) is 31.4 Å². The molecule has 120 valence electrons. The van der Waals surface area contributed by atoms with Gasteiger partial charge in [0.05, 0.1) is 11.9 Å². The van der Waals surface area contributed by atoms with Gasteiger partial charge >= 0.3 is 6.03 Å². The van der Waals surface area contributed by atoms with Gasteiger partial charge in [-0.3, -0.25) is 4.98 Å². The molecule has 1 aliphatic carbocycles. The van der Waals surface area contributed by atoms with Crippen LogP contribution >= 0.6 is 0 Å². The number of carbonyl (C=O) groups is 1. The van der Waals surface area contributed by atoms with Crippen molar-refractivity contribution in [3.63, 3.8) is 0 Å². The highest BCUT2D eigenvalue weighted by molar-refractivity contribution is 5.99. The quantitative estimate of drug-likeness (QED) is 0.765. The third-order valence-corrected chi connectivity index (χ3v) is 4.34. The van der Waals surface area contributed by atoms with E-state index in [0.29, 0.717) is 5.69 Å². The fraction of sp³-hybridized carbons (Fsp3) is 0.333. The van der Waals surface area contributed by atoms with Crippen molar-refractivity contribution >= 4 is 17.4 Å². The lowest BCUT2D eigenvalue weighted by molar-refractivity contribution is 0.203. The van der Waals surface area contributed by atoms with Crippen molar-refractivity contribution in [2.24, 2.45) is 5.41 Å². The Morgan fingerprint density at radius 2 is 1.96 bits per heavy atom. The van der Waals surface area contributed by atoms with Crippen LogP contribution in [0.5, 0.6) is 0 Å². The number of aromatic nitrogens is 1. The van der Waals surface area contributed by atoms with Crippen LogP contribution in [0.25, 0.3) is 0 Å². The van der Waals surface area contributed by atoms with Crippen LogP contribution in [-0.2, 0) is 6.42 Å². The van der Waals surface area contributed by atoms with E-state index in [9.17, 15) is 9.90 Å². The standard InChI is InChI=1S/C18H21N3O2/c22-13-18(8-9-18)7-6-14-3-1-4-15(11-14)20-17(23)21-16-5-2-10-19-12-16/h1-5,10-12,22H,6-9,13H2,(H2,20,21,23). The number of urea groups is 1. The summed E-state index contributed by atoms with van der Waals surface area (Å²) in [5.41, 5.74) is 2.74. The summed E-state index contributed by atoms with van der Waals surface area (Å²) in [5, 5.41) is 14.9. The number of pyridine rings is 1. The van der Waals surface area contributed by atoms with Crippen molar-refractivity contribution in [3.05, 3.63) is 54.4 Å². The average molecular weight is 311 g/mol. The second-order valence-corrected chi connectivity index (χ2v) is 6.18. The zero-order valence-corrected chi connectivity index (χ0v) is 13.0. The second kappa shape index (κ2) is 6.79. The third-order valence-electron chi connectivity index (χ3n) is 4.34. The monoisotopic (exact) mass is 311 g/mol. The molecule has 0 spiro atoms. The van der Waals surface area contributed by atoms with E-state index in [2.05, 4.69) is 21.7 Å². The highest BCUT2D eigenvalue weighted by Gasteiger charge is 2.41. The number of nitrogens with one attached hydrogen (secondary N) is 2. The molecule has 0 bridgehead atoms. The average Bonchev–Trinajstić information content (AvgIpc) is 3.35. The van der Waals surface area contributed by atoms with Crippen molar-refractivity contribution in [2.75, 3.05) is 17.2 Å². The molecule has 3 rings (SSSR count). The first-order valence-electron chi connectivity index (χ1n) is 7.87. The molecule has 0 saturated heterocycles. The molecule has 0 aliphatic heterocycles. The van der Waals surface area contributed by atoms with Crippen LogP contribution in [0.15, 0.2) is 48.8 Å². The lowest BCUT2D eigenvalue weighted by atomic mass is 9.97. The first-order chi connectivity index (χ1) is 11.2. The number of carbonyl (C=O) groups excluding carboxylic acids is 1. The fourth-order valence-electron chi connectivity index (χ4n) is 2.61. The molecular formula is C18H21N3O2. The maximum atomic E-state index is 12.0. The topological polar surface area (TPSA) is 74.2 Å². The number of aliphatic hydroxyl groups is 1. The van der Waals surface area contributed by atoms with Crippen molar-refractivity contribution in [1.29, 1.82) is 0 Å². The highest BCUT2D eigenvalue weighted by Crippen LogP contribution is 2.48. The molecule has 23 heavy (non-hydrogen) atoms. The van der Waals surface area contributed by atoms with Crippen LogP contribution in [0.4, 0.5) is 16.2 Å². The Morgan fingerprint density at radius 3 is 2.65 bits per heavy atom. The zero-order chi connectivity index (χ0) is 16.1. The SMILES string of the molecule is O=C(Nc1cccnc1)Nc1cccc(CCC2(CO)CC2)c1. The minimum Gasteiger partial charge on any atom is -0.396 e. The van der Waals surface area contributed by atoms with Crippen LogP contribution in [0.1, 0.15) is 24.8 Å². The predicted octanol–water partition coefficient (Wildman–Crippen LogP) is 3.43. The Balaban J connectivity index is 1.55. The smallest absolute Gasteiger partial charge is 0.323 e. The van der Waals surface area contributed by atoms with E-state index >= 15 is 0 Å². The van der Waals surface area contributed by atoms with Crippen LogP contribution in [0.2, 0.25) is 0 Å². The van der Waals surface area contributed by atoms with Crippen LogP contribution in [-0.4, -0.2) is 22.7 Å². The van der Waals surface area contributed by atoms with Gasteiger partial charge in [0, 0.05) is 18.5 Å². The molecular weight excluding hydrogens is 290 g/mol. The molecule has 3 N–H and O–H groups in total. The summed E-state index contributed by atoms with van der Waals surface area (Å²) in [4.78, 5) is 15.9. The minimum absolute atomic E-state index is 0.154. The molecule has 0 atom stereocenters. The van der Waals surface area contributed by atoms with Crippen LogP contribution in [0, 0.1) is 5.41 Å². The molecule has 2 amide bonds. The summed E-state index contributed by atoms with van der Waals surface area (Å²) in [6.07, 6.45) is 7.41. The van der Waals surface area contributed by atoms with E-state index in [1.165, 1.54) is 5.56 Å². The molecule has 5 nitrogen and oxygen atoms in total. The van der Waals surface area contributed by atoms with Gasteiger partial charge in [-0.15, -0.1) is 0 Å². The van der Waals surface area contributed by atoms with E-state index in [1.807, 2.05) is 18.2 Å². The summed E-state index contributed by atoms with van der Waals surface area (Å²) >= 11 is 0. The number of nitrogens with zero attached hydrogens (tertiary/aromatic N) is 1. The lowest BCUT2D eigenvalue weighted by Gasteiger charge is -2.12. The van der Waals surface area contributed by atoms with Gasteiger partial charge in [0.15, 0.2) is 0 Å². The van der Waals surface area contributed by atoms with Crippen LogP contribution < -0.4 is 10.6 Å². The fourth-order valence-corrected chi connectivity index (χ4v) is 2.61. The molecule has 1 aromatic carbocycles. The Hall–Kier alpha value is -2.40. The van der Waals surface area contributed by atoms with Crippen molar-refractivity contribution in [3.8, 4) is 0 Å². The van der Waals surface area contributed by atoms with Crippen molar-refractivity contribution in [1.82, 2.24) is 4.98 Å². The molecule has 2 aromatic rings. The van der Waals surface area contributed by atoms with E-state index in [1.54, 1.807) is 24.5 Å². The first kappa shape index (κ1) is 15.5. The summed E-state index contributed by atoms with van der Waals surface area (Å²) in [7, 11) is 0. The van der Waals surface area contributed by atoms with Gasteiger partial charge < -0.3 is 15.7 Å². The van der Waals surface area contributed by atoms with Gasteiger partial charge in [-0.1, -0.05) is 12.1 Å². The Kier molecular flexibility index (Phi) is 4.57. The number of hydrogen-bond acceptors (Lipinski definition) is 3. The molecule has 1 aliphatic rings. The van der Waals surface area contributed by atoms with Crippen LogP contribution in [0.3, 0.4) is 0 Å². The van der Waals surface area contributed by atoms with Gasteiger partial charge in [0.1, 0.15) is 0 Å². The number of anilines is 2. The van der Waals surface area contributed by atoms with Crippen molar-refractivity contribution in [2.45, 2.75) is 25.7 Å². The minimum atomic E-state index is -0.288. The largest absolute Gasteiger partial charge is 0.396 e. The van der Waals surface area contributed by atoms with Crippen molar-refractivity contribution < 1.29 is 9.90 Å². The van der Waals surface area contributed by atoms with Gasteiger partial charge in [-0.25, -0.2) is 4.79 Å². The molecule has 1 fully saturated rings. The lowest BCUT2D eigenvalue weighted by Crippen LogP contribution is -2.19. The first-order valence-corrected chi connectivity index (χ1v) is 7.87. The van der Waals surface area contributed by atoms with E-state index < -0.39 is 0 Å². The summed E-state index contributed by atoms with van der Waals surface area (Å²) in [6, 6.07) is 11.1. The molecule has 0 radical (unpaired) electrons. The maximum Gasteiger partial charge on any atom is 0.323 e. The maximum absolute atomic E-state index is 12.0. The molecule has 5 heteroatoms. The van der Waals surface area contributed by atoms with Gasteiger partial charge in [0.25, 0.3) is 0 Å². The number of aliphatic hydroxyl groups excluding tert-OH is 1. The van der Waals surface area contributed by atoms with E-state index in [-0.39, 0.29) is 18.1 Å². The van der Waals surface area contributed by atoms with Gasteiger partial charge in [-0.05, 0) is 60.9 Å². The normalized spacial score (nSPS) is 15.0. The Morgan fingerprint density at radius 1 is 1.17 bits per heavy atom. The summed E-state index contributed by atoms with van der Waals surface area (Å²) < 4.78 is 0. The highest BCUT2D eigenvalue weighted by atomic mass is 16.3. The molecule has 1 saturated carbocycles.